The Morgan fingerprint density at radius 1 is 1.30 bits per heavy atom. The Balaban J connectivity index is 1.94. The Morgan fingerprint density at radius 3 is 2.60 bits per heavy atom. The summed E-state index contributed by atoms with van der Waals surface area (Å²) in [6.07, 6.45) is 1.49. The van der Waals surface area contributed by atoms with Crippen LogP contribution in [0.15, 0.2) is 47.5 Å². The van der Waals surface area contributed by atoms with Gasteiger partial charge in [-0.1, -0.05) is 11.6 Å². The minimum absolute atomic E-state index is 0.110. The molecule has 1 amide bonds. The normalized spacial score (nSPS) is 11.9. The molecule has 0 spiro atoms. The summed E-state index contributed by atoms with van der Waals surface area (Å²) in [5, 5.41) is 3.04. The van der Waals surface area contributed by atoms with Gasteiger partial charge in [-0.3, -0.25) is 4.79 Å². The van der Waals surface area contributed by atoms with E-state index in [0.29, 0.717) is 16.5 Å². The molecule has 4 nitrogen and oxygen atoms in total. The van der Waals surface area contributed by atoms with Crippen molar-refractivity contribution in [2.45, 2.75) is 17.1 Å². The third-order valence-electron chi connectivity index (χ3n) is 2.54. The summed E-state index contributed by atoms with van der Waals surface area (Å²) >= 11 is 7.20. The second kappa shape index (κ2) is 6.63. The van der Waals surface area contributed by atoms with E-state index in [1.807, 2.05) is 31.2 Å². The average molecular weight is 308 g/mol. The molecule has 0 saturated carbocycles. The van der Waals surface area contributed by atoms with Gasteiger partial charge < -0.3 is 11.1 Å². The lowest BCUT2D eigenvalue weighted by Gasteiger charge is -2.11. The fourth-order valence-corrected chi connectivity index (χ4v) is 2.46. The number of amides is 1. The van der Waals surface area contributed by atoms with Crippen LogP contribution in [0.25, 0.3) is 0 Å². The van der Waals surface area contributed by atoms with Gasteiger partial charge in [0.2, 0.25) is 5.91 Å². The molecule has 104 valence electrons. The average Bonchev–Trinajstić information content (AvgIpc) is 2.44. The first-order chi connectivity index (χ1) is 9.54. The molecule has 2 rings (SSSR count). The van der Waals surface area contributed by atoms with E-state index in [0.717, 1.165) is 4.90 Å². The van der Waals surface area contributed by atoms with Gasteiger partial charge in [-0.25, -0.2) is 4.98 Å². The van der Waals surface area contributed by atoms with Crippen molar-refractivity contribution in [3.63, 3.8) is 0 Å². The van der Waals surface area contributed by atoms with Crippen LogP contribution in [0.4, 0.5) is 11.5 Å². The Hall–Kier alpha value is -1.72. The molecular formula is C14H14ClN3OS. The number of aromatic nitrogens is 1. The van der Waals surface area contributed by atoms with E-state index >= 15 is 0 Å². The lowest BCUT2D eigenvalue weighted by molar-refractivity contribution is -0.115. The van der Waals surface area contributed by atoms with E-state index in [2.05, 4.69) is 10.3 Å². The summed E-state index contributed by atoms with van der Waals surface area (Å²) in [7, 11) is 0. The van der Waals surface area contributed by atoms with E-state index in [4.69, 9.17) is 17.3 Å². The Labute approximate surface area is 126 Å². The van der Waals surface area contributed by atoms with Crippen LogP contribution >= 0.6 is 23.4 Å². The molecule has 1 heterocycles. The van der Waals surface area contributed by atoms with Crippen LogP contribution in [-0.2, 0) is 4.79 Å². The molecule has 20 heavy (non-hydrogen) atoms. The number of pyridine rings is 1. The van der Waals surface area contributed by atoms with Crippen LogP contribution in [0.5, 0.6) is 0 Å². The van der Waals surface area contributed by atoms with Crippen LogP contribution in [0, 0.1) is 0 Å². The van der Waals surface area contributed by atoms with E-state index in [1.54, 1.807) is 12.1 Å². The van der Waals surface area contributed by atoms with Crippen molar-refractivity contribution in [2.75, 3.05) is 11.1 Å². The summed E-state index contributed by atoms with van der Waals surface area (Å²) in [5.74, 6) is 0.380. The van der Waals surface area contributed by atoms with Gasteiger partial charge in [0.05, 0.1) is 10.3 Å². The Kier molecular flexibility index (Phi) is 4.87. The molecule has 1 unspecified atom stereocenters. The van der Waals surface area contributed by atoms with Crippen molar-refractivity contribution in [1.29, 1.82) is 0 Å². The summed E-state index contributed by atoms with van der Waals surface area (Å²) in [6, 6.07) is 10.8. The van der Waals surface area contributed by atoms with E-state index in [-0.39, 0.29) is 11.2 Å². The molecule has 1 aromatic heterocycles. The number of nitrogens with one attached hydrogen (secondary N) is 1. The lowest BCUT2D eigenvalue weighted by Crippen LogP contribution is -2.22. The summed E-state index contributed by atoms with van der Waals surface area (Å²) < 4.78 is 0. The number of nitrogen functional groups attached to an aromatic ring is 1. The highest BCUT2D eigenvalue weighted by Gasteiger charge is 2.14. The zero-order valence-electron chi connectivity index (χ0n) is 10.8. The standard InChI is InChI=1S/C14H14ClN3OS/c1-9(20-12-5-3-11(16)4-6-12)14(19)18-13-7-2-10(15)8-17-13/h2-9H,16H2,1H3,(H,17,18,19). The number of carbonyl (C=O) groups is 1. The zero-order valence-corrected chi connectivity index (χ0v) is 12.4. The fourth-order valence-electron chi connectivity index (χ4n) is 1.48. The number of anilines is 2. The maximum absolute atomic E-state index is 12.0. The van der Waals surface area contributed by atoms with Crippen LogP contribution in [-0.4, -0.2) is 16.1 Å². The number of hydrogen-bond donors (Lipinski definition) is 2. The molecule has 0 aliphatic heterocycles. The predicted molar refractivity (Wildman–Crippen MR) is 84.1 cm³/mol. The number of rotatable bonds is 4. The second-order valence-corrected chi connectivity index (χ2v) is 6.03. The van der Waals surface area contributed by atoms with Crippen LogP contribution < -0.4 is 11.1 Å². The van der Waals surface area contributed by atoms with Gasteiger partial charge >= 0.3 is 0 Å². The van der Waals surface area contributed by atoms with Crippen LogP contribution in [0.1, 0.15) is 6.92 Å². The van der Waals surface area contributed by atoms with Gasteiger partial charge in [-0.15, -0.1) is 11.8 Å². The van der Waals surface area contributed by atoms with Gasteiger partial charge in [-0.05, 0) is 43.3 Å². The van der Waals surface area contributed by atoms with Crippen LogP contribution in [0.2, 0.25) is 5.02 Å². The molecule has 0 aliphatic rings. The number of thioether (sulfide) groups is 1. The third kappa shape index (κ3) is 4.15. The van der Waals surface area contributed by atoms with Crippen LogP contribution in [0.3, 0.4) is 0 Å². The molecule has 0 fully saturated rings. The van der Waals surface area contributed by atoms with Gasteiger partial charge in [-0.2, -0.15) is 0 Å². The quantitative estimate of drug-likeness (QED) is 0.670. The SMILES string of the molecule is CC(Sc1ccc(N)cc1)C(=O)Nc1ccc(Cl)cn1. The maximum Gasteiger partial charge on any atom is 0.238 e. The molecule has 0 radical (unpaired) electrons. The first-order valence-electron chi connectivity index (χ1n) is 5.99. The van der Waals surface area contributed by atoms with Crippen molar-refractivity contribution >= 4 is 40.8 Å². The Bertz CT molecular complexity index is 586. The molecule has 3 N–H and O–H groups in total. The topological polar surface area (TPSA) is 68.0 Å². The number of nitrogens with two attached hydrogens (primary N) is 1. The molecule has 1 aromatic carbocycles. The number of hydrogen-bond acceptors (Lipinski definition) is 4. The summed E-state index contributed by atoms with van der Waals surface area (Å²) in [6.45, 7) is 1.84. The van der Waals surface area contributed by atoms with Crippen molar-refractivity contribution in [3.8, 4) is 0 Å². The fraction of sp³-hybridized carbons (Fsp3) is 0.143. The third-order valence-corrected chi connectivity index (χ3v) is 3.88. The van der Waals surface area contributed by atoms with Gasteiger partial charge in [0, 0.05) is 16.8 Å². The predicted octanol–water partition coefficient (Wildman–Crippen LogP) is 3.44. The minimum Gasteiger partial charge on any atom is -0.399 e. The van der Waals surface area contributed by atoms with Crippen molar-refractivity contribution in [1.82, 2.24) is 4.98 Å². The monoisotopic (exact) mass is 307 g/mol. The summed E-state index contributed by atoms with van der Waals surface area (Å²) in [5.41, 5.74) is 6.33. The van der Waals surface area contributed by atoms with E-state index in [1.165, 1.54) is 18.0 Å². The van der Waals surface area contributed by atoms with E-state index < -0.39 is 0 Å². The van der Waals surface area contributed by atoms with Crippen molar-refractivity contribution < 1.29 is 4.79 Å². The highest BCUT2D eigenvalue weighted by molar-refractivity contribution is 8.00. The molecule has 0 bridgehead atoms. The van der Waals surface area contributed by atoms with Crippen molar-refractivity contribution in [2.24, 2.45) is 0 Å². The number of benzene rings is 1. The summed E-state index contributed by atoms with van der Waals surface area (Å²) in [4.78, 5) is 17.1. The molecule has 0 saturated heterocycles. The van der Waals surface area contributed by atoms with Gasteiger partial charge in [0.1, 0.15) is 5.82 Å². The number of nitrogens with zero attached hydrogens (tertiary/aromatic N) is 1. The molecule has 2 aromatic rings. The number of halogens is 1. The van der Waals surface area contributed by atoms with E-state index in [9.17, 15) is 4.79 Å². The first kappa shape index (κ1) is 14.7. The lowest BCUT2D eigenvalue weighted by atomic mass is 10.3. The largest absolute Gasteiger partial charge is 0.399 e. The molecule has 6 heteroatoms. The molecule has 1 atom stereocenters. The molecule has 0 aliphatic carbocycles. The minimum atomic E-state index is -0.240. The molecular weight excluding hydrogens is 294 g/mol. The van der Waals surface area contributed by atoms with Gasteiger partial charge in [0.25, 0.3) is 0 Å². The Morgan fingerprint density at radius 2 is 2.00 bits per heavy atom. The smallest absolute Gasteiger partial charge is 0.238 e. The van der Waals surface area contributed by atoms with Crippen molar-refractivity contribution in [3.05, 3.63) is 47.6 Å². The highest BCUT2D eigenvalue weighted by Crippen LogP contribution is 2.24. The zero-order chi connectivity index (χ0) is 14.5. The maximum atomic E-state index is 12.0. The van der Waals surface area contributed by atoms with Gasteiger partial charge in [0.15, 0.2) is 0 Å². The second-order valence-electron chi connectivity index (χ2n) is 4.18. The highest BCUT2D eigenvalue weighted by atomic mass is 35.5. The number of carbonyl (C=O) groups excluding carboxylic acids is 1. The first-order valence-corrected chi connectivity index (χ1v) is 7.25.